The number of nitrogen functional groups attached to an aromatic ring is 1. The van der Waals surface area contributed by atoms with Crippen LogP contribution in [0.2, 0.25) is 0 Å². The number of carbonyl (C=O) groups is 1. The third-order valence-electron chi connectivity index (χ3n) is 2.75. The number of nitrogens with one attached hydrogen (secondary N) is 2. The van der Waals surface area contributed by atoms with Crippen molar-refractivity contribution in [2.75, 3.05) is 18.8 Å². The first-order chi connectivity index (χ1) is 9.87. The molecular formula is C15H26N4O2. The van der Waals surface area contributed by atoms with Crippen LogP contribution in [-0.2, 0) is 4.74 Å². The summed E-state index contributed by atoms with van der Waals surface area (Å²) in [7, 11) is 0. The Morgan fingerprint density at radius 3 is 2.48 bits per heavy atom. The predicted octanol–water partition coefficient (Wildman–Crippen LogP) is 1.93. The second kappa shape index (κ2) is 8.46. The minimum absolute atomic E-state index is 0.270. The van der Waals surface area contributed by atoms with Crippen LogP contribution in [0.1, 0.15) is 33.6 Å². The van der Waals surface area contributed by atoms with Gasteiger partial charge in [-0.05, 0) is 58.8 Å². The first kappa shape index (κ1) is 17.2. The lowest BCUT2D eigenvalue weighted by Crippen LogP contribution is -2.44. The van der Waals surface area contributed by atoms with Crippen LogP contribution in [0, 0.1) is 0 Å². The monoisotopic (exact) mass is 294 g/mol. The Kier molecular flexibility index (Phi) is 6.94. The summed E-state index contributed by atoms with van der Waals surface area (Å²) in [4.78, 5) is 15.1. The molecule has 1 saturated heterocycles. The van der Waals surface area contributed by atoms with Crippen molar-refractivity contribution in [3.05, 3.63) is 24.4 Å². The van der Waals surface area contributed by atoms with Gasteiger partial charge < -0.3 is 21.1 Å². The fourth-order valence-electron chi connectivity index (χ4n) is 1.82. The maximum absolute atomic E-state index is 11.4. The second-order valence-corrected chi connectivity index (χ2v) is 5.93. The molecule has 1 fully saturated rings. The van der Waals surface area contributed by atoms with Crippen molar-refractivity contribution in [1.29, 1.82) is 0 Å². The summed E-state index contributed by atoms with van der Waals surface area (Å²) in [5, 5.41) is 6.12. The summed E-state index contributed by atoms with van der Waals surface area (Å²) in [5.74, 6) is 0.572. The Bertz CT molecular complexity index is 411. The van der Waals surface area contributed by atoms with Crippen molar-refractivity contribution in [1.82, 2.24) is 15.6 Å². The van der Waals surface area contributed by atoms with Gasteiger partial charge in [-0.1, -0.05) is 6.07 Å². The average molecular weight is 294 g/mol. The molecule has 0 atom stereocenters. The van der Waals surface area contributed by atoms with E-state index in [1.165, 1.54) is 0 Å². The van der Waals surface area contributed by atoms with Crippen LogP contribution in [0.3, 0.4) is 0 Å². The summed E-state index contributed by atoms with van der Waals surface area (Å²) in [6.45, 7) is 7.56. The molecule has 1 aliphatic heterocycles. The lowest BCUT2D eigenvalue weighted by atomic mass is 10.1. The summed E-state index contributed by atoms with van der Waals surface area (Å²) in [5.41, 5.74) is 4.84. The summed E-state index contributed by atoms with van der Waals surface area (Å²) in [6, 6.07) is 5.70. The lowest BCUT2D eigenvalue weighted by molar-refractivity contribution is 0.0495. The van der Waals surface area contributed by atoms with Crippen LogP contribution in [0.15, 0.2) is 24.4 Å². The second-order valence-electron chi connectivity index (χ2n) is 5.93. The zero-order chi connectivity index (χ0) is 15.7. The zero-order valence-electron chi connectivity index (χ0n) is 13.1. The van der Waals surface area contributed by atoms with Crippen molar-refractivity contribution in [2.24, 2.45) is 0 Å². The molecule has 0 saturated carbocycles. The molecule has 21 heavy (non-hydrogen) atoms. The number of aromatic nitrogens is 1. The third-order valence-corrected chi connectivity index (χ3v) is 2.75. The molecule has 2 heterocycles. The Morgan fingerprint density at radius 2 is 2.05 bits per heavy atom. The highest BCUT2D eigenvalue weighted by Gasteiger charge is 2.20. The maximum Gasteiger partial charge on any atom is 0.407 e. The Hall–Kier alpha value is -1.82. The number of amides is 1. The quantitative estimate of drug-likeness (QED) is 0.736. The number of carbonyl (C=O) groups excluding carboxylic acids is 1. The number of alkyl carbamates (subject to hydrolysis) is 1. The maximum atomic E-state index is 11.4. The van der Waals surface area contributed by atoms with Crippen molar-refractivity contribution in [3.8, 4) is 0 Å². The molecule has 0 spiro atoms. The number of rotatable bonds is 1. The number of anilines is 1. The van der Waals surface area contributed by atoms with Crippen LogP contribution in [0.4, 0.5) is 10.6 Å². The van der Waals surface area contributed by atoms with Gasteiger partial charge in [-0.25, -0.2) is 9.78 Å². The van der Waals surface area contributed by atoms with Gasteiger partial charge in [-0.3, -0.25) is 0 Å². The SMILES string of the molecule is CC(C)(C)OC(=O)NC1CCNCC1.Nc1ccccn1. The van der Waals surface area contributed by atoms with Crippen molar-refractivity contribution < 1.29 is 9.53 Å². The zero-order valence-corrected chi connectivity index (χ0v) is 13.1. The fraction of sp³-hybridized carbons (Fsp3) is 0.600. The van der Waals surface area contributed by atoms with E-state index in [2.05, 4.69) is 15.6 Å². The molecule has 1 aromatic rings. The van der Waals surface area contributed by atoms with Gasteiger partial charge in [0.05, 0.1) is 0 Å². The van der Waals surface area contributed by atoms with Crippen LogP contribution in [0.25, 0.3) is 0 Å². The Balaban J connectivity index is 0.000000262. The molecular weight excluding hydrogens is 268 g/mol. The average Bonchev–Trinajstić information content (AvgIpc) is 2.39. The van der Waals surface area contributed by atoms with Crippen molar-refractivity contribution >= 4 is 11.9 Å². The molecule has 0 aromatic carbocycles. The summed E-state index contributed by atoms with van der Waals surface area (Å²) >= 11 is 0. The molecule has 118 valence electrons. The molecule has 1 aromatic heterocycles. The minimum atomic E-state index is -0.406. The number of nitrogens with two attached hydrogens (primary N) is 1. The fourth-order valence-corrected chi connectivity index (χ4v) is 1.82. The van der Waals surface area contributed by atoms with E-state index in [1.807, 2.05) is 32.9 Å². The number of piperidine rings is 1. The highest BCUT2D eigenvalue weighted by atomic mass is 16.6. The lowest BCUT2D eigenvalue weighted by Gasteiger charge is -2.26. The number of hydrogen-bond donors (Lipinski definition) is 3. The van der Waals surface area contributed by atoms with E-state index in [9.17, 15) is 4.79 Å². The highest BCUT2D eigenvalue weighted by Crippen LogP contribution is 2.08. The Morgan fingerprint density at radius 1 is 1.38 bits per heavy atom. The topological polar surface area (TPSA) is 89.3 Å². The van der Waals surface area contributed by atoms with Crippen LogP contribution in [-0.4, -0.2) is 35.8 Å². The van der Waals surface area contributed by atoms with E-state index in [0.717, 1.165) is 25.9 Å². The van der Waals surface area contributed by atoms with Gasteiger partial charge in [0.15, 0.2) is 0 Å². The van der Waals surface area contributed by atoms with E-state index >= 15 is 0 Å². The summed E-state index contributed by atoms with van der Waals surface area (Å²) < 4.78 is 5.17. The van der Waals surface area contributed by atoms with Gasteiger partial charge in [0.25, 0.3) is 0 Å². The highest BCUT2D eigenvalue weighted by molar-refractivity contribution is 5.68. The number of pyridine rings is 1. The number of hydrogen-bond acceptors (Lipinski definition) is 5. The van der Waals surface area contributed by atoms with Gasteiger partial charge in [0.2, 0.25) is 0 Å². The molecule has 1 amide bonds. The standard InChI is InChI=1S/C10H20N2O2.C5H6N2/c1-10(2,3)14-9(13)12-8-4-6-11-7-5-8;6-5-3-1-2-4-7-5/h8,11H,4-7H2,1-3H3,(H,12,13);1-4H,(H2,6,7). The van der Waals surface area contributed by atoms with Gasteiger partial charge >= 0.3 is 6.09 Å². The van der Waals surface area contributed by atoms with E-state index in [0.29, 0.717) is 5.82 Å². The van der Waals surface area contributed by atoms with Gasteiger partial charge in [0.1, 0.15) is 11.4 Å². The van der Waals surface area contributed by atoms with Crippen molar-refractivity contribution in [2.45, 2.75) is 45.3 Å². The van der Waals surface area contributed by atoms with Gasteiger partial charge in [-0.2, -0.15) is 0 Å². The molecule has 4 N–H and O–H groups in total. The molecule has 0 aliphatic carbocycles. The van der Waals surface area contributed by atoms with E-state index in [1.54, 1.807) is 12.3 Å². The molecule has 0 bridgehead atoms. The van der Waals surface area contributed by atoms with Gasteiger partial charge in [-0.15, -0.1) is 0 Å². The largest absolute Gasteiger partial charge is 0.444 e. The predicted molar refractivity (Wildman–Crippen MR) is 83.9 cm³/mol. The van der Waals surface area contributed by atoms with Crippen LogP contribution in [0.5, 0.6) is 0 Å². The molecule has 2 rings (SSSR count). The van der Waals surface area contributed by atoms with E-state index in [4.69, 9.17) is 10.5 Å². The first-order valence-corrected chi connectivity index (χ1v) is 7.23. The normalized spacial score (nSPS) is 15.6. The van der Waals surface area contributed by atoms with Crippen molar-refractivity contribution in [3.63, 3.8) is 0 Å². The molecule has 0 radical (unpaired) electrons. The molecule has 1 aliphatic rings. The number of nitrogens with zero attached hydrogens (tertiary/aromatic N) is 1. The molecule has 0 unspecified atom stereocenters. The Labute approximate surface area is 126 Å². The van der Waals surface area contributed by atoms with E-state index < -0.39 is 5.60 Å². The number of ether oxygens (including phenoxy) is 1. The molecule has 6 heteroatoms. The van der Waals surface area contributed by atoms with Crippen LogP contribution < -0.4 is 16.4 Å². The van der Waals surface area contributed by atoms with E-state index in [-0.39, 0.29) is 12.1 Å². The smallest absolute Gasteiger partial charge is 0.407 e. The minimum Gasteiger partial charge on any atom is -0.444 e. The summed E-state index contributed by atoms with van der Waals surface area (Å²) in [6.07, 6.45) is 3.33. The molecule has 6 nitrogen and oxygen atoms in total. The first-order valence-electron chi connectivity index (χ1n) is 7.23. The third kappa shape index (κ3) is 8.86. The van der Waals surface area contributed by atoms with Crippen LogP contribution >= 0.6 is 0 Å². The van der Waals surface area contributed by atoms with Gasteiger partial charge in [0, 0.05) is 12.2 Å².